The van der Waals surface area contributed by atoms with Gasteiger partial charge in [-0.2, -0.15) is 0 Å². The van der Waals surface area contributed by atoms with Crippen molar-refractivity contribution < 1.29 is 9.13 Å². The van der Waals surface area contributed by atoms with Gasteiger partial charge in [0.2, 0.25) is 5.95 Å². The molecule has 0 bridgehead atoms. The molecule has 2 aromatic rings. The van der Waals surface area contributed by atoms with Crippen LogP contribution in [0.4, 0.5) is 10.3 Å². The minimum Gasteiger partial charge on any atom is -0.378 e. The Kier molecular flexibility index (Phi) is 5.00. The average Bonchev–Trinajstić information content (AvgIpc) is 2.88. The molecule has 1 saturated heterocycles. The van der Waals surface area contributed by atoms with Crippen molar-refractivity contribution in [1.29, 1.82) is 0 Å². The van der Waals surface area contributed by atoms with Gasteiger partial charge < -0.3 is 9.64 Å². The number of benzene rings is 1. The third-order valence-corrected chi connectivity index (χ3v) is 5.28. The predicted molar refractivity (Wildman–Crippen MR) is 87.7 cm³/mol. The molecule has 2 heterocycles. The van der Waals surface area contributed by atoms with Crippen LogP contribution >= 0.6 is 27.7 Å². The number of anilines is 1. The standard InChI is InChI=1S/C14H16BrFN4OS/c1-19-13(20-4-6-21-7-5-20)17-18-14(19)22-9-10-2-3-11(16)8-12(10)15/h2-3,8H,4-7,9H2,1H3. The lowest BCUT2D eigenvalue weighted by Gasteiger charge is -2.27. The summed E-state index contributed by atoms with van der Waals surface area (Å²) in [5, 5.41) is 9.38. The van der Waals surface area contributed by atoms with Crippen LogP contribution in [-0.4, -0.2) is 41.1 Å². The van der Waals surface area contributed by atoms with Gasteiger partial charge in [0.1, 0.15) is 5.82 Å². The smallest absolute Gasteiger partial charge is 0.227 e. The van der Waals surface area contributed by atoms with Gasteiger partial charge in [0.15, 0.2) is 5.16 Å². The third kappa shape index (κ3) is 3.44. The van der Waals surface area contributed by atoms with Gasteiger partial charge in [-0.3, -0.25) is 4.57 Å². The normalized spacial score (nSPS) is 15.3. The van der Waals surface area contributed by atoms with Gasteiger partial charge in [-0.1, -0.05) is 33.8 Å². The Balaban J connectivity index is 1.69. The number of hydrogen-bond donors (Lipinski definition) is 0. The highest BCUT2D eigenvalue weighted by Gasteiger charge is 2.18. The molecule has 0 aliphatic carbocycles. The Bertz CT molecular complexity index is 660. The molecule has 0 atom stereocenters. The molecule has 0 N–H and O–H groups in total. The van der Waals surface area contributed by atoms with Gasteiger partial charge in [-0.15, -0.1) is 10.2 Å². The molecule has 1 aromatic heterocycles. The minimum absolute atomic E-state index is 0.242. The first-order valence-electron chi connectivity index (χ1n) is 6.94. The van der Waals surface area contributed by atoms with Crippen LogP contribution in [0.3, 0.4) is 0 Å². The molecule has 0 spiro atoms. The van der Waals surface area contributed by atoms with E-state index in [1.807, 2.05) is 11.6 Å². The molecule has 1 fully saturated rings. The van der Waals surface area contributed by atoms with Gasteiger partial charge in [0.25, 0.3) is 0 Å². The van der Waals surface area contributed by atoms with Crippen LogP contribution in [0.1, 0.15) is 5.56 Å². The molecule has 0 saturated carbocycles. The van der Waals surface area contributed by atoms with Crippen LogP contribution in [0, 0.1) is 5.82 Å². The highest BCUT2D eigenvalue weighted by molar-refractivity contribution is 9.10. The molecule has 5 nitrogen and oxygen atoms in total. The Hall–Kier alpha value is -1.12. The maximum Gasteiger partial charge on any atom is 0.227 e. The van der Waals surface area contributed by atoms with E-state index in [-0.39, 0.29) is 5.82 Å². The van der Waals surface area contributed by atoms with Crippen molar-refractivity contribution in [1.82, 2.24) is 14.8 Å². The molecule has 1 aliphatic rings. The molecular formula is C14H16BrFN4OS. The molecule has 0 radical (unpaired) electrons. The summed E-state index contributed by atoms with van der Waals surface area (Å²) in [4.78, 5) is 2.17. The van der Waals surface area contributed by atoms with E-state index in [0.717, 1.165) is 47.4 Å². The molecular weight excluding hydrogens is 371 g/mol. The van der Waals surface area contributed by atoms with Gasteiger partial charge in [-0.25, -0.2) is 4.39 Å². The number of aromatic nitrogens is 3. The SMILES string of the molecule is Cn1c(SCc2ccc(F)cc2Br)nnc1N1CCOCC1. The zero-order chi connectivity index (χ0) is 15.5. The first-order valence-corrected chi connectivity index (χ1v) is 8.72. The van der Waals surface area contributed by atoms with E-state index in [4.69, 9.17) is 4.74 Å². The van der Waals surface area contributed by atoms with Gasteiger partial charge in [0, 0.05) is 30.4 Å². The van der Waals surface area contributed by atoms with Crippen LogP contribution in [0.2, 0.25) is 0 Å². The second kappa shape index (κ2) is 6.97. The van der Waals surface area contributed by atoms with Crippen molar-refractivity contribution in [2.24, 2.45) is 7.05 Å². The summed E-state index contributed by atoms with van der Waals surface area (Å²) in [5.41, 5.74) is 1.03. The number of ether oxygens (including phenoxy) is 1. The quantitative estimate of drug-likeness (QED) is 0.755. The van der Waals surface area contributed by atoms with Crippen molar-refractivity contribution in [2.45, 2.75) is 10.9 Å². The second-order valence-corrected chi connectivity index (χ2v) is 6.76. The maximum atomic E-state index is 13.1. The lowest BCUT2D eigenvalue weighted by molar-refractivity contribution is 0.121. The van der Waals surface area contributed by atoms with E-state index >= 15 is 0 Å². The fraction of sp³-hybridized carbons (Fsp3) is 0.429. The first kappa shape index (κ1) is 15.8. The first-order chi connectivity index (χ1) is 10.6. The van der Waals surface area contributed by atoms with Crippen molar-refractivity contribution in [2.75, 3.05) is 31.2 Å². The van der Waals surface area contributed by atoms with Crippen LogP contribution in [0.5, 0.6) is 0 Å². The maximum absolute atomic E-state index is 13.1. The summed E-state index contributed by atoms with van der Waals surface area (Å²) in [6.07, 6.45) is 0. The summed E-state index contributed by atoms with van der Waals surface area (Å²) in [6, 6.07) is 4.73. The highest BCUT2D eigenvalue weighted by atomic mass is 79.9. The van der Waals surface area contributed by atoms with E-state index in [1.54, 1.807) is 17.8 Å². The van der Waals surface area contributed by atoms with Crippen molar-refractivity contribution in [3.05, 3.63) is 34.1 Å². The van der Waals surface area contributed by atoms with Gasteiger partial charge >= 0.3 is 0 Å². The summed E-state index contributed by atoms with van der Waals surface area (Å²) < 4.78 is 21.2. The summed E-state index contributed by atoms with van der Waals surface area (Å²) >= 11 is 4.97. The van der Waals surface area contributed by atoms with E-state index in [1.165, 1.54) is 12.1 Å². The summed E-state index contributed by atoms with van der Waals surface area (Å²) in [7, 11) is 1.97. The molecule has 1 aromatic carbocycles. The van der Waals surface area contributed by atoms with E-state index in [9.17, 15) is 4.39 Å². The van der Waals surface area contributed by atoms with E-state index in [0.29, 0.717) is 5.75 Å². The molecule has 8 heteroatoms. The molecule has 1 aliphatic heterocycles. The van der Waals surface area contributed by atoms with Crippen LogP contribution < -0.4 is 4.90 Å². The molecule has 0 unspecified atom stereocenters. The zero-order valence-corrected chi connectivity index (χ0v) is 14.5. The van der Waals surface area contributed by atoms with Crippen molar-refractivity contribution in [3.8, 4) is 0 Å². The molecule has 3 rings (SSSR count). The van der Waals surface area contributed by atoms with Crippen LogP contribution in [0.25, 0.3) is 0 Å². The minimum atomic E-state index is -0.242. The third-order valence-electron chi connectivity index (χ3n) is 3.48. The Morgan fingerprint density at radius 1 is 1.32 bits per heavy atom. The number of rotatable bonds is 4. The number of thioether (sulfide) groups is 1. The summed E-state index contributed by atoms with van der Waals surface area (Å²) in [6.45, 7) is 3.11. The van der Waals surface area contributed by atoms with Crippen LogP contribution in [-0.2, 0) is 17.5 Å². The van der Waals surface area contributed by atoms with Crippen molar-refractivity contribution in [3.63, 3.8) is 0 Å². The summed E-state index contributed by atoms with van der Waals surface area (Å²) in [5.74, 6) is 1.33. The fourth-order valence-corrected chi connectivity index (χ4v) is 3.84. The highest BCUT2D eigenvalue weighted by Crippen LogP contribution is 2.28. The largest absolute Gasteiger partial charge is 0.378 e. The van der Waals surface area contributed by atoms with Crippen LogP contribution in [0.15, 0.2) is 27.8 Å². The fourth-order valence-electron chi connectivity index (χ4n) is 2.25. The van der Waals surface area contributed by atoms with Gasteiger partial charge in [0.05, 0.1) is 13.2 Å². The Labute approximate surface area is 141 Å². The topological polar surface area (TPSA) is 43.2 Å². The Morgan fingerprint density at radius 2 is 2.09 bits per heavy atom. The number of hydrogen-bond acceptors (Lipinski definition) is 5. The van der Waals surface area contributed by atoms with E-state index in [2.05, 4.69) is 31.0 Å². The van der Waals surface area contributed by atoms with Gasteiger partial charge in [-0.05, 0) is 17.7 Å². The monoisotopic (exact) mass is 386 g/mol. The Morgan fingerprint density at radius 3 is 2.82 bits per heavy atom. The number of nitrogens with zero attached hydrogens (tertiary/aromatic N) is 4. The predicted octanol–water partition coefficient (Wildman–Crippen LogP) is 2.85. The van der Waals surface area contributed by atoms with Crippen molar-refractivity contribution >= 4 is 33.6 Å². The number of morpholine rings is 1. The molecule has 0 amide bonds. The zero-order valence-electron chi connectivity index (χ0n) is 12.1. The van der Waals surface area contributed by atoms with E-state index < -0.39 is 0 Å². The second-order valence-electron chi connectivity index (χ2n) is 4.97. The average molecular weight is 387 g/mol. The lowest BCUT2D eigenvalue weighted by atomic mass is 10.2. The number of halogens is 2. The molecule has 22 heavy (non-hydrogen) atoms. The lowest BCUT2D eigenvalue weighted by Crippen LogP contribution is -2.37. The molecule has 118 valence electrons.